The highest BCUT2D eigenvalue weighted by molar-refractivity contribution is 5.68. The lowest BCUT2D eigenvalue weighted by molar-refractivity contribution is 0.0206. The van der Waals surface area contributed by atoms with E-state index in [1.807, 2.05) is 20.8 Å². The predicted octanol–water partition coefficient (Wildman–Crippen LogP) is 3.78. The van der Waals surface area contributed by atoms with E-state index in [4.69, 9.17) is 4.74 Å². The summed E-state index contributed by atoms with van der Waals surface area (Å²) in [6, 6.07) is 3.34. The van der Waals surface area contributed by atoms with E-state index in [0.717, 1.165) is 18.9 Å². The summed E-state index contributed by atoms with van der Waals surface area (Å²) in [7, 11) is 0. The van der Waals surface area contributed by atoms with Crippen molar-refractivity contribution in [1.29, 1.82) is 0 Å². The molecule has 0 aromatic heterocycles. The third-order valence-corrected chi connectivity index (χ3v) is 3.36. The van der Waals surface area contributed by atoms with Crippen molar-refractivity contribution in [3.05, 3.63) is 29.8 Å². The molecule has 1 fully saturated rings. The van der Waals surface area contributed by atoms with E-state index in [2.05, 4.69) is 5.32 Å². The maximum atomic E-state index is 13.7. The first-order chi connectivity index (χ1) is 10.2. The van der Waals surface area contributed by atoms with Crippen molar-refractivity contribution < 1.29 is 18.3 Å². The number of rotatable bonds is 2. The van der Waals surface area contributed by atoms with Crippen LogP contribution >= 0.6 is 0 Å². The minimum absolute atomic E-state index is 0.0822. The molecule has 1 aromatic carbocycles. The third-order valence-electron chi connectivity index (χ3n) is 3.36. The number of nitrogens with zero attached hydrogens (tertiary/aromatic N) is 1. The van der Waals surface area contributed by atoms with E-state index in [-0.39, 0.29) is 17.8 Å². The molecule has 1 N–H and O–H groups in total. The summed E-state index contributed by atoms with van der Waals surface area (Å²) in [5.41, 5.74) is -0.294. The average molecular weight is 312 g/mol. The smallest absolute Gasteiger partial charge is 0.410 e. The molecule has 0 bridgehead atoms. The lowest BCUT2D eigenvalue weighted by Gasteiger charge is -2.34. The first kappa shape index (κ1) is 16.5. The van der Waals surface area contributed by atoms with Crippen LogP contribution in [0.25, 0.3) is 0 Å². The number of nitrogens with one attached hydrogen (secondary N) is 1. The summed E-state index contributed by atoms with van der Waals surface area (Å²) in [5.74, 6) is -1.24. The zero-order chi connectivity index (χ0) is 16.3. The van der Waals surface area contributed by atoms with Gasteiger partial charge in [0.2, 0.25) is 0 Å². The van der Waals surface area contributed by atoms with Crippen molar-refractivity contribution in [2.75, 3.05) is 18.4 Å². The Balaban J connectivity index is 1.97. The number of carbonyl (C=O) groups excluding carboxylic acids is 1. The van der Waals surface area contributed by atoms with Crippen molar-refractivity contribution in [3.8, 4) is 0 Å². The number of ether oxygens (including phenoxy) is 1. The van der Waals surface area contributed by atoms with Crippen LogP contribution in [0.5, 0.6) is 0 Å². The fourth-order valence-corrected chi connectivity index (χ4v) is 2.41. The van der Waals surface area contributed by atoms with E-state index < -0.39 is 17.2 Å². The Hall–Kier alpha value is -1.85. The molecule has 6 heteroatoms. The molecule has 0 spiro atoms. The molecular weight excluding hydrogens is 290 g/mol. The number of amides is 1. The molecular formula is C16H22F2N2O2. The minimum Gasteiger partial charge on any atom is -0.444 e. The van der Waals surface area contributed by atoms with Gasteiger partial charge in [0.25, 0.3) is 0 Å². The molecule has 0 aliphatic carbocycles. The maximum absolute atomic E-state index is 13.7. The molecule has 2 rings (SSSR count). The van der Waals surface area contributed by atoms with Gasteiger partial charge in [0.05, 0.1) is 5.69 Å². The van der Waals surface area contributed by atoms with E-state index in [1.54, 1.807) is 4.90 Å². The average Bonchev–Trinajstić information content (AvgIpc) is 2.40. The molecule has 1 aliphatic rings. The Labute approximate surface area is 129 Å². The number of halogens is 2. The van der Waals surface area contributed by atoms with E-state index in [9.17, 15) is 13.6 Å². The van der Waals surface area contributed by atoms with Gasteiger partial charge in [-0.15, -0.1) is 0 Å². The van der Waals surface area contributed by atoms with Gasteiger partial charge in [-0.1, -0.05) is 0 Å². The predicted molar refractivity (Wildman–Crippen MR) is 80.8 cm³/mol. The van der Waals surface area contributed by atoms with Crippen molar-refractivity contribution in [1.82, 2.24) is 4.90 Å². The molecule has 1 aliphatic heterocycles. The van der Waals surface area contributed by atoms with Crippen LogP contribution in [-0.2, 0) is 4.74 Å². The Morgan fingerprint density at radius 1 is 1.36 bits per heavy atom. The molecule has 0 radical (unpaired) electrons. The molecule has 1 heterocycles. The number of anilines is 1. The summed E-state index contributed by atoms with van der Waals surface area (Å²) >= 11 is 0. The Bertz CT molecular complexity index is 543. The summed E-state index contributed by atoms with van der Waals surface area (Å²) in [5, 5.41) is 3.03. The van der Waals surface area contributed by atoms with E-state index in [0.29, 0.717) is 13.1 Å². The Morgan fingerprint density at radius 2 is 2.09 bits per heavy atom. The van der Waals surface area contributed by atoms with Crippen LogP contribution in [-0.4, -0.2) is 35.7 Å². The number of hydrogen-bond acceptors (Lipinski definition) is 3. The van der Waals surface area contributed by atoms with Crippen LogP contribution in [0.15, 0.2) is 18.2 Å². The molecule has 1 amide bonds. The van der Waals surface area contributed by atoms with Crippen LogP contribution in [0.2, 0.25) is 0 Å². The summed E-state index contributed by atoms with van der Waals surface area (Å²) in [4.78, 5) is 13.7. The topological polar surface area (TPSA) is 41.6 Å². The molecule has 4 nitrogen and oxygen atoms in total. The van der Waals surface area contributed by atoms with Crippen LogP contribution in [0.3, 0.4) is 0 Å². The second kappa shape index (κ2) is 6.50. The lowest BCUT2D eigenvalue weighted by Crippen LogP contribution is -2.47. The van der Waals surface area contributed by atoms with E-state index in [1.165, 1.54) is 12.1 Å². The zero-order valence-electron chi connectivity index (χ0n) is 13.2. The molecule has 1 atom stereocenters. The number of carbonyl (C=O) groups is 1. The van der Waals surface area contributed by atoms with Gasteiger partial charge in [0.1, 0.15) is 17.2 Å². The third kappa shape index (κ3) is 4.58. The molecule has 0 unspecified atom stereocenters. The zero-order valence-corrected chi connectivity index (χ0v) is 13.2. The molecule has 1 aromatic rings. The summed E-state index contributed by atoms with van der Waals surface area (Å²) < 4.78 is 31.9. The van der Waals surface area contributed by atoms with Crippen molar-refractivity contribution in [2.45, 2.75) is 45.3 Å². The highest BCUT2D eigenvalue weighted by atomic mass is 19.1. The van der Waals surface area contributed by atoms with E-state index >= 15 is 0 Å². The standard InChI is InChI=1S/C16H22F2N2O2/c1-16(2,3)22-15(21)20-8-4-5-12(10-20)19-14-7-6-11(17)9-13(14)18/h6-7,9,12,19H,4-5,8,10H2,1-3H3/t12-/m0/s1. The Morgan fingerprint density at radius 3 is 2.73 bits per heavy atom. The first-order valence-electron chi connectivity index (χ1n) is 7.44. The maximum Gasteiger partial charge on any atom is 0.410 e. The summed E-state index contributed by atoms with van der Waals surface area (Å²) in [6.45, 7) is 6.51. The second-order valence-electron chi connectivity index (χ2n) is 6.53. The highest BCUT2D eigenvalue weighted by Gasteiger charge is 2.27. The normalized spacial score (nSPS) is 19.0. The largest absolute Gasteiger partial charge is 0.444 e. The fraction of sp³-hybridized carbons (Fsp3) is 0.562. The van der Waals surface area contributed by atoms with Crippen molar-refractivity contribution in [3.63, 3.8) is 0 Å². The van der Waals surface area contributed by atoms with Gasteiger partial charge < -0.3 is 15.0 Å². The monoisotopic (exact) mass is 312 g/mol. The van der Waals surface area contributed by atoms with Gasteiger partial charge in [-0.05, 0) is 45.7 Å². The quantitative estimate of drug-likeness (QED) is 0.903. The molecule has 122 valence electrons. The lowest BCUT2D eigenvalue weighted by atomic mass is 10.1. The van der Waals surface area contributed by atoms with Gasteiger partial charge in [-0.25, -0.2) is 13.6 Å². The fourth-order valence-electron chi connectivity index (χ4n) is 2.41. The number of hydrogen-bond donors (Lipinski definition) is 1. The molecule has 22 heavy (non-hydrogen) atoms. The van der Waals surface area contributed by atoms with Crippen LogP contribution in [0.4, 0.5) is 19.3 Å². The minimum atomic E-state index is -0.630. The van der Waals surface area contributed by atoms with Crippen molar-refractivity contribution >= 4 is 11.8 Å². The van der Waals surface area contributed by atoms with Gasteiger partial charge in [0.15, 0.2) is 0 Å². The Kier molecular flexibility index (Phi) is 4.88. The highest BCUT2D eigenvalue weighted by Crippen LogP contribution is 2.21. The van der Waals surface area contributed by atoms with Gasteiger partial charge in [0, 0.05) is 25.2 Å². The van der Waals surface area contributed by atoms with Crippen molar-refractivity contribution in [2.24, 2.45) is 0 Å². The van der Waals surface area contributed by atoms with Crippen LogP contribution in [0, 0.1) is 11.6 Å². The van der Waals surface area contributed by atoms with Gasteiger partial charge in [-0.3, -0.25) is 0 Å². The van der Waals surface area contributed by atoms with Crippen LogP contribution < -0.4 is 5.32 Å². The first-order valence-corrected chi connectivity index (χ1v) is 7.44. The number of likely N-dealkylation sites (tertiary alicyclic amines) is 1. The van der Waals surface area contributed by atoms with Gasteiger partial charge in [-0.2, -0.15) is 0 Å². The molecule has 1 saturated heterocycles. The second-order valence-corrected chi connectivity index (χ2v) is 6.53. The summed E-state index contributed by atoms with van der Waals surface area (Å²) in [6.07, 6.45) is 1.26. The number of benzene rings is 1. The molecule has 0 saturated carbocycles. The van der Waals surface area contributed by atoms with Gasteiger partial charge >= 0.3 is 6.09 Å². The number of piperidine rings is 1. The SMILES string of the molecule is CC(C)(C)OC(=O)N1CCC[C@H](Nc2ccc(F)cc2F)C1. The van der Waals surface area contributed by atoms with Crippen LogP contribution in [0.1, 0.15) is 33.6 Å².